The molecule has 8 nitrogen and oxygen atoms in total. The first kappa shape index (κ1) is 21.7. The molecule has 3 aromatic rings. The highest BCUT2D eigenvalue weighted by atomic mass is 32.2. The second-order valence-corrected chi connectivity index (χ2v) is 10.4. The van der Waals surface area contributed by atoms with E-state index < -0.39 is 16.1 Å². The molecule has 2 heterocycles. The number of sulfonamides is 1. The van der Waals surface area contributed by atoms with Gasteiger partial charge in [0, 0.05) is 10.6 Å². The van der Waals surface area contributed by atoms with E-state index in [2.05, 4.69) is 10.4 Å². The maximum Gasteiger partial charge on any atom is 0.333 e. The van der Waals surface area contributed by atoms with Crippen LogP contribution in [0.4, 0.5) is 16.2 Å². The Bertz CT molecular complexity index is 1330. The number of hydrazone groups is 1. The van der Waals surface area contributed by atoms with Gasteiger partial charge >= 0.3 is 6.03 Å². The molecule has 0 fully saturated rings. The van der Waals surface area contributed by atoms with Crippen molar-refractivity contribution in [2.75, 3.05) is 10.3 Å². The molecule has 1 aliphatic heterocycles. The summed E-state index contributed by atoms with van der Waals surface area (Å²) in [4.78, 5) is 25.6. The van der Waals surface area contributed by atoms with Crippen molar-refractivity contribution < 1.29 is 18.0 Å². The highest BCUT2D eigenvalue weighted by Crippen LogP contribution is 2.28. The topological polar surface area (TPSA) is 108 Å². The Labute approximate surface area is 189 Å². The van der Waals surface area contributed by atoms with Crippen LogP contribution in [-0.2, 0) is 14.8 Å². The van der Waals surface area contributed by atoms with Gasteiger partial charge in [0.1, 0.15) is 4.21 Å². The lowest BCUT2D eigenvalue weighted by atomic mass is 10.1. The lowest BCUT2D eigenvalue weighted by Gasteiger charge is -2.16. The highest BCUT2D eigenvalue weighted by molar-refractivity contribution is 7.92. The summed E-state index contributed by atoms with van der Waals surface area (Å²) in [5.41, 5.74) is 3.25. The summed E-state index contributed by atoms with van der Waals surface area (Å²) in [5, 5.41) is 8.34. The average molecular weight is 469 g/mol. The molecule has 0 spiro atoms. The Morgan fingerprint density at radius 1 is 1.06 bits per heavy atom. The van der Waals surface area contributed by atoms with Gasteiger partial charge in [0.25, 0.3) is 15.9 Å². The number of carbonyl (C=O) groups excluding carboxylic acids is 2. The number of rotatable bonds is 5. The number of carbonyl (C=O) groups is 2. The van der Waals surface area contributed by atoms with Crippen molar-refractivity contribution in [1.82, 2.24) is 4.72 Å². The minimum absolute atomic E-state index is 0.0660. The summed E-state index contributed by atoms with van der Waals surface area (Å²) in [6, 6.07) is 16.6. The van der Waals surface area contributed by atoms with Crippen molar-refractivity contribution in [3.05, 3.63) is 76.7 Å². The van der Waals surface area contributed by atoms with Crippen molar-refractivity contribution in [3.8, 4) is 0 Å². The first-order chi connectivity index (χ1) is 15.2. The number of hydrogen-bond acceptors (Lipinski definition) is 6. The number of nitrogens with one attached hydrogen (secondary N) is 2. The normalized spacial score (nSPS) is 13.8. The van der Waals surface area contributed by atoms with Gasteiger partial charge in [0.05, 0.1) is 17.8 Å². The van der Waals surface area contributed by atoms with Crippen molar-refractivity contribution in [1.29, 1.82) is 0 Å². The predicted octanol–water partition coefficient (Wildman–Crippen LogP) is 4.02. The van der Waals surface area contributed by atoms with Crippen LogP contribution in [0.2, 0.25) is 0 Å². The third-order valence-corrected chi connectivity index (χ3v) is 7.60. The first-order valence-electron chi connectivity index (χ1n) is 9.70. The van der Waals surface area contributed by atoms with Crippen LogP contribution in [0.15, 0.2) is 70.0 Å². The summed E-state index contributed by atoms with van der Waals surface area (Å²) < 4.78 is 26.7. The largest absolute Gasteiger partial charge is 0.333 e. The Morgan fingerprint density at radius 3 is 2.47 bits per heavy atom. The average Bonchev–Trinajstić information content (AvgIpc) is 3.35. The fourth-order valence-electron chi connectivity index (χ4n) is 3.26. The molecule has 164 valence electrons. The van der Waals surface area contributed by atoms with E-state index >= 15 is 0 Å². The number of anilines is 2. The Hall–Kier alpha value is -3.50. The van der Waals surface area contributed by atoms with Crippen LogP contribution in [-0.4, -0.2) is 26.1 Å². The molecule has 1 aliphatic rings. The van der Waals surface area contributed by atoms with E-state index in [9.17, 15) is 18.0 Å². The van der Waals surface area contributed by atoms with E-state index in [1.807, 2.05) is 35.1 Å². The third kappa shape index (κ3) is 4.56. The quantitative estimate of drug-likeness (QED) is 0.590. The minimum Gasteiger partial charge on any atom is -0.307 e. The van der Waals surface area contributed by atoms with Gasteiger partial charge in [-0.1, -0.05) is 30.3 Å². The second kappa shape index (κ2) is 8.56. The van der Waals surface area contributed by atoms with Gasteiger partial charge < -0.3 is 5.32 Å². The molecular formula is C22H20N4O4S2. The number of hydrogen-bond donors (Lipinski definition) is 2. The molecule has 0 bridgehead atoms. The van der Waals surface area contributed by atoms with Crippen LogP contribution in [0.25, 0.3) is 0 Å². The molecule has 3 amide bonds. The summed E-state index contributed by atoms with van der Waals surface area (Å²) in [5.74, 6) is -0.150. The van der Waals surface area contributed by atoms with Crippen LogP contribution in [0.5, 0.6) is 0 Å². The van der Waals surface area contributed by atoms with Gasteiger partial charge in [-0.05, 0) is 55.3 Å². The van der Waals surface area contributed by atoms with Crippen molar-refractivity contribution in [2.45, 2.75) is 24.5 Å². The molecule has 1 aromatic heterocycles. The van der Waals surface area contributed by atoms with Crippen LogP contribution >= 0.6 is 11.3 Å². The molecule has 0 unspecified atom stereocenters. The van der Waals surface area contributed by atoms with E-state index in [4.69, 9.17) is 0 Å². The van der Waals surface area contributed by atoms with Crippen LogP contribution < -0.4 is 15.0 Å². The number of aryl methyl sites for hydroxylation is 2. The minimum atomic E-state index is -3.94. The van der Waals surface area contributed by atoms with Gasteiger partial charge in [-0.15, -0.1) is 11.3 Å². The molecule has 0 atom stereocenters. The fraction of sp³-hybridized carbons (Fsp3) is 0.136. The third-order valence-electron chi connectivity index (χ3n) is 4.77. The zero-order chi connectivity index (χ0) is 22.9. The molecule has 4 rings (SSSR count). The van der Waals surface area contributed by atoms with E-state index in [0.717, 1.165) is 21.8 Å². The summed E-state index contributed by atoms with van der Waals surface area (Å²) in [6.07, 6.45) is 0.200. The molecule has 0 saturated carbocycles. The van der Waals surface area contributed by atoms with Gasteiger partial charge in [-0.3, -0.25) is 4.79 Å². The van der Waals surface area contributed by atoms with E-state index in [1.165, 1.54) is 11.1 Å². The van der Waals surface area contributed by atoms with Crippen LogP contribution in [0, 0.1) is 13.8 Å². The summed E-state index contributed by atoms with van der Waals surface area (Å²) in [6.45, 7) is 3.57. The number of urea groups is 1. The smallest absolute Gasteiger partial charge is 0.307 e. The van der Waals surface area contributed by atoms with E-state index in [0.29, 0.717) is 22.6 Å². The molecule has 10 heteroatoms. The van der Waals surface area contributed by atoms with Crippen LogP contribution in [0.3, 0.4) is 0 Å². The maximum absolute atomic E-state index is 12.5. The lowest BCUT2D eigenvalue weighted by molar-refractivity contribution is -0.116. The monoisotopic (exact) mass is 468 g/mol. The molecule has 2 N–H and O–H groups in total. The number of benzene rings is 2. The van der Waals surface area contributed by atoms with Gasteiger partial charge in [-0.2, -0.15) is 10.1 Å². The number of thiophene rings is 1. The Kier molecular flexibility index (Phi) is 5.81. The number of nitrogens with zero attached hydrogens (tertiary/aromatic N) is 2. The second-order valence-electron chi connectivity index (χ2n) is 7.22. The van der Waals surface area contributed by atoms with Gasteiger partial charge in [0.15, 0.2) is 0 Å². The van der Waals surface area contributed by atoms with Crippen molar-refractivity contribution in [3.63, 3.8) is 0 Å². The summed E-state index contributed by atoms with van der Waals surface area (Å²) in [7, 11) is -3.94. The molecule has 0 aliphatic carbocycles. The van der Waals surface area contributed by atoms with E-state index in [1.54, 1.807) is 38.1 Å². The molecule has 32 heavy (non-hydrogen) atoms. The Morgan fingerprint density at radius 2 is 1.81 bits per heavy atom. The van der Waals surface area contributed by atoms with Crippen molar-refractivity contribution >= 4 is 50.4 Å². The lowest BCUT2D eigenvalue weighted by Crippen LogP contribution is -2.34. The van der Waals surface area contributed by atoms with Gasteiger partial charge in [-0.25, -0.2) is 17.9 Å². The predicted molar refractivity (Wildman–Crippen MR) is 125 cm³/mol. The summed E-state index contributed by atoms with van der Waals surface area (Å²) >= 11 is 1.08. The molecular weight excluding hydrogens is 448 g/mol. The maximum atomic E-state index is 12.5. The van der Waals surface area contributed by atoms with Gasteiger partial charge in [0.2, 0.25) is 0 Å². The number of amides is 3. The fourth-order valence-corrected chi connectivity index (χ4v) is 5.46. The molecule has 0 radical (unpaired) electrons. The molecule has 0 saturated heterocycles. The zero-order valence-corrected chi connectivity index (χ0v) is 19.0. The zero-order valence-electron chi connectivity index (χ0n) is 17.3. The van der Waals surface area contributed by atoms with E-state index in [-0.39, 0.29) is 16.5 Å². The van der Waals surface area contributed by atoms with Crippen LogP contribution in [0.1, 0.15) is 22.4 Å². The first-order valence-corrected chi connectivity index (χ1v) is 12.0. The molecule has 2 aromatic carbocycles. The van der Waals surface area contributed by atoms with Crippen molar-refractivity contribution in [2.24, 2.45) is 5.10 Å². The SMILES string of the molecule is Cc1ccc(S(=O)(=O)NC(=O)Nc2ccc(N3N=C(c4ccccc4)CC3=O)c(C)c2)s1. The highest BCUT2D eigenvalue weighted by Gasteiger charge is 2.27. The standard InChI is InChI=1S/C22H20N4O4S2/c1-14-12-17(23-22(28)25-32(29,30)21-11-8-15(2)31-21)9-10-19(14)26-20(27)13-18(24-26)16-6-4-3-5-7-16/h3-12H,13H2,1-2H3,(H2,23,25,28). The Balaban J connectivity index is 1.48.